The van der Waals surface area contributed by atoms with Crippen LogP contribution in [-0.4, -0.2) is 16.1 Å². The molecule has 0 saturated carbocycles. The van der Waals surface area contributed by atoms with Gasteiger partial charge in [0.15, 0.2) is 0 Å². The minimum absolute atomic E-state index is 0.244. The number of ether oxygens (including phenoxy) is 1. The van der Waals surface area contributed by atoms with E-state index in [-0.39, 0.29) is 5.75 Å². The smallest absolute Gasteiger partial charge is 0.405 e. The van der Waals surface area contributed by atoms with Crippen molar-refractivity contribution in [2.24, 2.45) is 5.73 Å². The molecule has 0 aliphatic carbocycles. The van der Waals surface area contributed by atoms with E-state index in [0.29, 0.717) is 17.7 Å². The zero-order chi connectivity index (χ0) is 20.0. The summed E-state index contributed by atoms with van der Waals surface area (Å²) in [4.78, 5) is 0. The van der Waals surface area contributed by atoms with Gasteiger partial charge in [-0.05, 0) is 36.8 Å². The van der Waals surface area contributed by atoms with E-state index in [1.54, 1.807) is 35.0 Å². The van der Waals surface area contributed by atoms with E-state index in [2.05, 4.69) is 9.84 Å². The third-order valence-electron chi connectivity index (χ3n) is 3.66. The Balaban J connectivity index is 0.00000126. The summed E-state index contributed by atoms with van der Waals surface area (Å²) >= 11 is 0. The third-order valence-corrected chi connectivity index (χ3v) is 3.66. The van der Waals surface area contributed by atoms with Gasteiger partial charge in [-0.25, -0.2) is 4.68 Å². The normalized spacial score (nSPS) is 10.9. The summed E-state index contributed by atoms with van der Waals surface area (Å²) in [6.07, 6.45) is -4.75. The molecule has 0 aliphatic heterocycles. The summed E-state index contributed by atoms with van der Waals surface area (Å²) in [6.45, 7) is 6.20. The first-order valence-corrected chi connectivity index (χ1v) is 8.58. The molecule has 0 fully saturated rings. The van der Waals surface area contributed by atoms with Gasteiger partial charge < -0.3 is 10.5 Å². The number of nitrogens with zero attached hydrogens (tertiary/aromatic N) is 2. The Morgan fingerprint density at radius 1 is 1.04 bits per heavy atom. The summed E-state index contributed by atoms with van der Waals surface area (Å²) < 4.78 is 43.7. The van der Waals surface area contributed by atoms with Crippen LogP contribution < -0.4 is 10.5 Å². The Morgan fingerprint density at radius 3 is 2.37 bits per heavy atom. The lowest BCUT2D eigenvalue weighted by atomic mass is 10.0. The van der Waals surface area contributed by atoms with E-state index < -0.39 is 6.36 Å². The zero-order valence-corrected chi connectivity index (χ0v) is 15.4. The first-order valence-electron chi connectivity index (χ1n) is 8.58. The van der Waals surface area contributed by atoms with Gasteiger partial charge in [-0.1, -0.05) is 44.2 Å². The number of alkyl halides is 3. The van der Waals surface area contributed by atoms with Crippen molar-refractivity contribution in [2.45, 2.75) is 33.7 Å². The lowest BCUT2D eigenvalue weighted by Gasteiger charge is -2.14. The molecule has 144 valence electrons. The Labute approximate surface area is 156 Å². The van der Waals surface area contributed by atoms with Gasteiger partial charge in [-0.2, -0.15) is 5.10 Å². The predicted octanol–water partition coefficient (Wildman–Crippen LogP) is 5.23. The highest BCUT2D eigenvalue weighted by Crippen LogP contribution is 2.34. The zero-order valence-electron chi connectivity index (χ0n) is 15.4. The van der Waals surface area contributed by atoms with Crippen molar-refractivity contribution in [3.8, 4) is 22.6 Å². The summed E-state index contributed by atoms with van der Waals surface area (Å²) in [5.41, 5.74) is 8.92. The van der Waals surface area contributed by atoms with Crippen LogP contribution in [0.2, 0.25) is 0 Å². The molecule has 0 unspecified atom stereocenters. The molecular formula is C20H22F3N3O. The molecule has 3 aromatic rings. The van der Waals surface area contributed by atoms with E-state index >= 15 is 0 Å². The van der Waals surface area contributed by atoms with E-state index in [9.17, 15) is 13.2 Å². The maximum absolute atomic E-state index is 12.6. The SMILES string of the molecule is CC.Cc1cc(CN)nn1-c1cccc(-c2ccccc2OC(F)(F)F)c1. The monoisotopic (exact) mass is 377 g/mol. The maximum atomic E-state index is 12.6. The Kier molecular flexibility index (Phi) is 6.63. The maximum Gasteiger partial charge on any atom is 0.573 e. The van der Waals surface area contributed by atoms with Crippen LogP contribution in [0.15, 0.2) is 54.6 Å². The van der Waals surface area contributed by atoms with Crippen molar-refractivity contribution in [3.05, 3.63) is 66.0 Å². The van der Waals surface area contributed by atoms with Crippen molar-refractivity contribution in [2.75, 3.05) is 0 Å². The van der Waals surface area contributed by atoms with E-state index in [1.165, 1.54) is 12.1 Å². The van der Waals surface area contributed by atoms with Gasteiger partial charge in [-0.15, -0.1) is 13.2 Å². The number of aryl methyl sites for hydroxylation is 1. The number of hydrogen-bond donors (Lipinski definition) is 1. The highest BCUT2D eigenvalue weighted by atomic mass is 19.4. The number of aromatic nitrogens is 2. The topological polar surface area (TPSA) is 53.1 Å². The van der Waals surface area contributed by atoms with Gasteiger partial charge >= 0.3 is 6.36 Å². The summed E-state index contributed by atoms with van der Waals surface area (Å²) in [5, 5.41) is 4.40. The van der Waals surface area contributed by atoms with E-state index in [0.717, 1.165) is 17.1 Å². The van der Waals surface area contributed by atoms with Gasteiger partial charge in [-0.3, -0.25) is 0 Å². The lowest BCUT2D eigenvalue weighted by molar-refractivity contribution is -0.274. The second kappa shape index (κ2) is 8.73. The molecule has 0 bridgehead atoms. The molecule has 0 spiro atoms. The minimum atomic E-state index is -4.75. The van der Waals surface area contributed by atoms with Crippen molar-refractivity contribution in [1.82, 2.24) is 9.78 Å². The molecule has 0 aliphatic rings. The molecule has 0 saturated heterocycles. The fraction of sp³-hybridized carbons (Fsp3) is 0.250. The summed E-state index contributed by atoms with van der Waals surface area (Å²) in [7, 11) is 0. The van der Waals surface area contributed by atoms with Crippen LogP contribution in [0.4, 0.5) is 13.2 Å². The fourth-order valence-electron chi connectivity index (χ4n) is 2.62. The van der Waals surface area contributed by atoms with E-state index in [1.807, 2.05) is 32.9 Å². The highest BCUT2D eigenvalue weighted by Gasteiger charge is 2.32. The van der Waals surface area contributed by atoms with Crippen LogP contribution in [0.3, 0.4) is 0 Å². The average Bonchev–Trinajstić information content (AvgIpc) is 3.04. The molecule has 0 atom stereocenters. The van der Waals surface area contributed by atoms with E-state index in [4.69, 9.17) is 5.73 Å². The van der Waals surface area contributed by atoms with Gasteiger partial charge in [0.2, 0.25) is 0 Å². The molecule has 27 heavy (non-hydrogen) atoms. The molecule has 1 aromatic heterocycles. The number of rotatable bonds is 4. The number of nitrogens with two attached hydrogens (primary N) is 1. The molecule has 2 aromatic carbocycles. The van der Waals surface area contributed by atoms with Crippen LogP contribution in [0.1, 0.15) is 25.2 Å². The van der Waals surface area contributed by atoms with Gasteiger partial charge in [0.1, 0.15) is 5.75 Å². The van der Waals surface area contributed by atoms with Crippen molar-refractivity contribution < 1.29 is 17.9 Å². The first-order chi connectivity index (χ1) is 12.9. The average molecular weight is 377 g/mol. The predicted molar refractivity (Wildman–Crippen MR) is 99.7 cm³/mol. The van der Waals surface area contributed by atoms with Crippen LogP contribution in [0.25, 0.3) is 16.8 Å². The van der Waals surface area contributed by atoms with Crippen molar-refractivity contribution in [1.29, 1.82) is 0 Å². The molecule has 0 amide bonds. The fourth-order valence-corrected chi connectivity index (χ4v) is 2.62. The quantitative estimate of drug-likeness (QED) is 0.677. The van der Waals surface area contributed by atoms with Gasteiger partial charge in [0, 0.05) is 17.8 Å². The number of hydrogen-bond acceptors (Lipinski definition) is 3. The van der Waals surface area contributed by atoms with Gasteiger partial charge in [0.25, 0.3) is 0 Å². The van der Waals surface area contributed by atoms with Crippen molar-refractivity contribution >= 4 is 0 Å². The lowest BCUT2D eigenvalue weighted by Crippen LogP contribution is -2.17. The summed E-state index contributed by atoms with van der Waals surface area (Å²) in [5.74, 6) is -0.244. The second-order valence-corrected chi connectivity index (χ2v) is 5.49. The summed E-state index contributed by atoms with van der Waals surface area (Å²) in [6, 6.07) is 15.0. The molecule has 3 rings (SSSR count). The molecule has 7 heteroatoms. The molecular weight excluding hydrogens is 355 g/mol. The number of benzene rings is 2. The molecule has 2 N–H and O–H groups in total. The molecule has 0 radical (unpaired) electrons. The number of para-hydroxylation sites is 1. The standard InChI is InChI=1S/C18H16F3N3O.C2H6/c1-12-9-14(11-22)23-24(12)15-6-4-5-13(10-15)16-7-2-3-8-17(16)25-18(19,20)21;1-2/h2-10H,11,22H2,1H3;1-2H3. The van der Waals surface area contributed by atoms with Crippen LogP contribution in [0.5, 0.6) is 5.75 Å². The second-order valence-electron chi connectivity index (χ2n) is 5.49. The van der Waals surface area contributed by atoms with Crippen LogP contribution in [0, 0.1) is 6.92 Å². The largest absolute Gasteiger partial charge is 0.573 e. The van der Waals surface area contributed by atoms with Crippen LogP contribution >= 0.6 is 0 Å². The van der Waals surface area contributed by atoms with Crippen molar-refractivity contribution in [3.63, 3.8) is 0 Å². The first kappa shape index (κ1) is 20.5. The van der Waals surface area contributed by atoms with Gasteiger partial charge in [0.05, 0.1) is 11.4 Å². The molecule has 1 heterocycles. The highest BCUT2D eigenvalue weighted by molar-refractivity contribution is 5.72. The molecule has 4 nitrogen and oxygen atoms in total. The minimum Gasteiger partial charge on any atom is -0.405 e. The number of halogens is 3. The van der Waals surface area contributed by atoms with Crippen LogP contribution in [-0.2, 0) is 6.54 Å². The Hall–Kier alpha value is -2.80. The third kappa shape index (κ3) is 5.10. The Bertz CT molecular complexity index is 888. The Morgan fingerprint density at radius 2 is 1.74 bits per heavy atom.